The zero-order valence-corrected chi connectivity index (χ0v) is 11.1. The molecule has 0 aromatic heterocycles. The molecule has 88 valence electrons. The quantitative estimate of drug-likeness (QED) is 0.738. The highest BCUT2D eigenvalue weighted by Gasteiger charge is 2.34. The molecule has 1 unspecified atom stereocenters. The Bertz CT molecular complexity index is 212. The lowest BCUT2D eigenvalue weighted by molar-refractivity contribution is 0.0585. The molecule has 2 fully saturated rings. The number of hydrogen-bond donors (Lipinski definition) is 1. The maximum atomic E-state index is 3.63. The van der Waals surface area contributed by atoms with Crippen molar-refractivity contribution in [1.29, 1.82) is 0 Å². The Hall–Kier alpha value is 0.270. The van der Waals surface area contributed by atoms with Gasteiger partial charge in [0.1, 0.15) is 0 Å². The van der Waals surface area contributed by atoms with Gasteiger partial charge < -0.3 is 5.32 Å². The van der Waals surface area contributed by atoms with E-state index in [-0.39, 0.29) is 0 Å². The van der Waals surface area contributed by atoms with E-state index in [1.54, 1.807) is 0 Å². The fourth-order valence-corrected chi connectivity index (χ4v) is 3.80. The van der Waals surface area contributed by atoms with Crippen molar-refractivity contribution in [3.8, 4) is 0 Å². The molecule has 15 heavy (non-hydrogen) atoms. The van der Waals surface area contributed by atoms with Crippen molar-refractivity contribution >= 4 is 11.8 Å². The molecule has 0 aromatic carbocycles. The van der Waals surface area contributed by atoms with Gasteiger partial charge in [-0.2, -0.15) is 11.8 Å². The smallest absolute Gasteiger partial charge is 0.0253 e. The van der Waals surface area contributed by atoms with Crippen LogP contribution in [0.5, 0.6) is 0 Å². The first-order chi connectivity index (χ1) is 7.08. The van der Waals surface area contributed by atoms with Crippen LogP contribution in [0.3, 0.4) is 0 Å². The Labute approximate surface area is 98.2 Å². The largest absolute Gasteiger partial charge is 0.309 e. The fourth-order valence-electron chi connectivity index (χ4n) is 2.72. The van der Waals surface area contributed by atoms with Crippen molar-refractivity contribution in [3.63, 3.8) is 0 Å². The molecule has 2 aliphatic heterocycles. The summed E-state index contributed by atoms with van der Waals surface area (Å²) in [6.45, 7) is 9.37. The molecule has 2 saturated heterocycles. The highest BCUT2D eigenvalue weighted by atomic mass is 32.2. The number of thioether (sulfide) groups is 1. The third-order valence-electron chi connectivity index (χ3n) is 3.68. The van der Waals surface area contributed by atoms with Crippen LogP contribution in [0.2, 0.25) is 0 Å². The Balaban J connectivity index is 1.98. The summed E-state index contributed by atoms with van der Waals surface area (Å²) in [5, 5.41) is 3.63. The van der Waals surface area contributed by atoms with Crippen LogP contribution < -0.4 is 5.32 Å². The molecule has 0 amide bonds. The maximum Gasteiger partial charge on any atom is 0.0253 e. The van der Waals surface area contributed by atoms with E-state index in [4.69, 9.17) is 0 Å². The van der Waals surface area contributed by atoms with Gasteiger partial charge in [0.2, 0.25) is 0 Å². The van der Waals surface area contributed by atoms with E-state index in [1.807, 2.05) is 0 Å². The second-order valence-corrected chi connectivity index (χ2v) is 6.85. The van der Waals surface area contributed by atoms with Gasteiger partial charge in [-0.25, -0.2) is 0 Å². The van der Waals surface area contributed by atoms with Gasteiger partial charge in [-0.1, -0.05) is 0 Å². The lowest BCUT2D eigenvalue weighted by Crippen LogP contribution is -2.63. The molecular formula is C12H24N2S. The number of hydrogen-bond acceptors (Lipinski definition) is 3. The molecule has 1 atom stereocenters. The average molecular weight is 228 g/mol. The van der Waals surface area contributed by atoms with Crippen molar-refractivity contribution in [2.45, 2.75) is 51.2 Å². The molecule has 2 heterocycles. The van der Waals surface area contributed by atoms with E-state index in [9.17, 15) is 0 Å². The van der Waals surface area contributed by atoms with Crippen molar-refractivity contribution in [1.82, 2.24) is 10.2 Å². The van der Waals surface area contributed by atoms with E-state index in [0.717, 1.165) is 12.6 Å². The molecule has 1 N–H and O–H groups in total. The minimum atomic E-state index is 0.303. The minimum absolute atomic E-state index is 0.303. The second-order valence-electron chi connectivity index (χ2n) is 5.63. The highest BCUT2D eigenvalue weighted by molar-refractivity contribution is 7.99. The molecule has 0 saturated carbocycles. The number of nitrogens with zero attached hydrogens (tertiary/aromatic N) is 1. The summed E-state index contributed by atoms with van der Waals surface area (Å²) in [5.74, 6) is 2.73. The normalized spacial score (nSPS) is 34.2. The van der Waals surface area contributed by atoms with Gasteiger partial charge in [0.15, 0.2) is 0 Å². The van der Waals surface area contributed by atoms with Gasteiger partial charge in [-0.15, -0.1) is 0 Å². The molecule has 0 aliphatic carbocycles. The van der Waals surface area contributed by atoms with E-state index in [2.05, 4.69) is 42.7 Å². The van der Waals surface area contributed by atoms with Gasteiger partial charge in [0, 0.05) is 30.7 Å². The van der Waals surface area contributed by atoms with E-state index in [1.165, 1.54) is 30.9 Å². The lowest BCUT2D eigenvalue weighted by atomic mass is 9.96. The van der Waals surface area contributed by atoms with Gasteiger partial charge in [0.25, 0.3) is 0 Å². The summed E-state index contributed by atoms with van der Waals surface area (Å²) in [7, 11) is 0. The summed E-state index contributed by atoms with van der Waals surface area (Å²) in [6, 6.07) is 1.56. The van der Waals surface area contributed by atoms with Crippen molar-refractivity contribution < 1.29 is 0 Å². The third kappa shape index (κ3) is 2.89. The molecule has 2 aliphatic rings. The fraction of sp³-hybridized carbons (Fsp3) is 1.00. The molecule has 0 bridgehead atoms. The predicted octanol–water partition coefficient (Wildman–Crippen LogP) is 1.95. The van der Waals surface area contributed by atoms with Crippen LogP contribution in [0, 0.1) is 0 Å². The third-order valence-corrected chi connectivity index (χ3v) is 4.73. The van der Waals surface area contributed by atoms with Gasteiger partial charge in [0.05, 0.1) is 0 Å². The Morgan fingerprint density at radius 3 is 2.60 bits per heavy atom. The number of piperazine rings is 1. The number of nitrogens with one attached hydrogen (secondary N) is 1. The van der Waals surface area contributed by atoms with Crippen LogP contribution in [-0.4, -0.2) is 47.1 Å². The first-order valence-corrected chi connectivity index (χ1v) is 7.32. The summed E-state index contributed by atoms with van der Waals surface area (Å²) in [4.78, 5) is 2.75. The summed E-state index contributed by atoms with van der Waals surface area (Å²) < 4.78 is 0. The van der Waals surface area contributed by atoms with Crippen LogP contribution in [0.1, 0.15) is 33.6 Å². The molecule has 2 rings (SSSR count). The zero-order chi connectivity index (χ0) is 10.9. The van der Waals surface area contributed by atoms with Crippen LogP contribution in [0.15, 0.2) is 0 Å². The molecule has 0 radical (unpaired) electrons. The average Bonchev–Trinajstić information content (AvgIpc) is 2.23. The zero-order valence-electron chi connectivity index (χ0n) is 10.3. The van der Waals surface area contributed by atoms with E-state index < -0.39 is 0 Å². The topological polar surface area (TPSA) is 15.3 Å². The summed E-state index contributed by atoms with van der Waals surface area (Å²) >= 11 is 2.12. The molecule has 2 nitrogen and oxygen atoms in total. The van der Waals surface area contributed by atoms with Gasteiger partial charge in [-0.3, -0.25) is 4.90 Å². The van der Waals surface area contributed by atoms with Crippen molar-refractivity contribution in [2.24, 2.45) is 0 Å². The van der Waals surface area contributed by atoms with Crippen molar-refractivity contribution in [2.75, 3.05) is 24.6 Å². The predicted molar refractivity (Wildman–Crippen MR) is 68.6 cm³/mol. The monoisotopic (exact) mass is 228 g/mol. The summed E-state index contributed by atoms with van der Waals surface area (Å²) in [6.07, 6.45) is 2.79. The van der Waals surface area contributed by atoms with Crippen LogP contribution in [0.4, 0.5) is 0 Å². The van der Waals surface area contributed by atoms with Gasteiger partial charge in [-0.05, 0) is 45.1 Å². The molecular weight excluding hydrogens is 204 g/mol. The van der Waals surface area contributed by atoms with Crippen molar-refractivity contribution in [3.05, 3.63) is 0 Å². The van der Waals surface area contributed by atoms with Crippen LogP contribution >= 0.6 is 11.8 Å². The minimum Gasteiger partial charge on any atom is -0.309 e. The van der Waals surface area contributed by atoms with E-state index >= 15 is 0 Å². The Morgan fingerprint density at radius 1 is 1.27 bits per heavy atom. The van der Waals surface area contributed by atoms with Crippen LogP contribution in [-0.2, 0) is 0 Å². The van der Waals surface area contributed by atoms with Gasteiger partial charge >= 0.3 is 0 Å². The molecule has 0 aromatic rings. The SMILES string of the molecule is CC1CNC(C)(C)CN1C1CCSCC1. The maximum absolute atomic E-state index is 3.63. The van der Waals surface area contributed by atoms with Crippen LogP contribution in [0.25, 0.3) is 0 Å². The Morgan fingerprint density at radius 2 is 1.93 bits per heavy atom. The lowest BCUT2D eigenvalue weighted by Gasteiger charge is -2.48. The molecule has 0 spiro atoms. The first-order valence-electron chi connectivity index (χ1n) is 6.17. The molecule has 3 heteroatoms. The standard InChI is InChI=1S/C12H24N2S/c1-10-8-13-12(2,3)9-14(10)11-4-6-15-7-5-11/h10-11,13H,4-9H2,1-3H3. The Kier molecular flexibility index (Phi) is 3.63. The van der Waals surface area contributed by atoms with E-state index in [0.29, 0.717) is 11.6 Å². The summed E-state index contributed by atoms with van der Waals surface area (Å²) in [5.41, 5.74) is 0.303. The first kappa shape index (κ1) is 11.7. The highest BCUT2D eigenvalue weighted by Crippen LogP contribution is 2.26. The second kappa shape index (κ2) is 4.64. The number of rotatable bonds is 1.